The Morgan fingerprint density at radius 2 is 1.84 bits per heavy atom. The predicted octanol–water partition coefficient (Wildman–Crippen LogP) is 4.33. The smallest absolute Gasteiger partial charge is 0.166 e. The highest BCUT2D eigenvalue weighted by atomic mass is 16.5. The van der Waals surface area contributed by atoms with Crippen LogP contribution in [0.4, 0.5) is 0 Å². The Hall–Kier alpha value is -1.51. The summed E-state index contributed by atoms with van der Waals surface area (Å²) in [5.41, 5.74) is 0.398. The number of aromatic hydroxyl groups is 1. The fourth-order valence-corrected chi connectivity index (χ4v) is 2.07. The second-order valence-corrected chi connectivity index (χ2v) is 4.82. The van der Waals surface area contributed by atoms with Gasteiger partial charge in [0.25, 0.3) is 0 Å². The molecule has 0 saturated heterocycles. The zero-order valence-electron chi connectivity index (χ0n) is 11.9. The third kappa shape index (κ3) is 5.33. The summed E-state index contributed by atoms with van der Waals surface area (Å²) in [6.07, 6.45) is 7.43. The maximum Gasteiger partial charge on any atom is 0.166 e. The fourth-order valence-electron chi connectivity index (χ4n) is 2.07. The van der Waals surface area contributed by atoms with Crippen LogP contribution >= 0.6 is 0 Å². The van der Waals surface area contributed by atoms with Crippen molar-refractivity contribution in [3.05, 3.63) is 23.8 Å². The van der Waals surface area contributed by atoms with Gasteiger partial charge in [-0.3, -0.25) is 4.79 Å². The summed E-state index contributed by atoms with van der Waals surface area (Å²) >= 11 is 0. The van der Waals surface area contributed by atoms with E-state index >= 15 is 0 Å². The van der Waals surface area contributed by atoms with Gasteiger partial charge in [-0.2, -0.15) is 0 Å². The number of ketones is 1. The van der Waals surface area contributed by atoms with Crippen molar-refractivity contribution in [3.8, 4) is 11.5 Å². The molecule has 1 aromatic rings. The topological polar surface area (TPSA) is 46.5 Å². The molecule has 3 heteroatoms. The van der Waals surface area contributed by atoms with Crippen molar-refractivity contribution in [1.29, 1.82) is 0 Å². The van der Waals surface area contributed by atoms with Crippen LogP contribution in [0.3, 0.4) is 0 Å². The van der Waals surface area contributed by atoms with Gasteiger partial charge in [-0.25, -0.2) is 0 Å². The number of hydrogen-bond acceptors (Lipinski definition) is 3. The molecule has 0 aliphatic heterocycles. The van der Waals surface area contributed by atoms with Gasteiger partial charge >= 0.3 is 0 Å². The minimum Gasteiger partial charge on any atom is -0.507 e. The molecule has 0 atom stereocenters. The van der Waals surface area contributed by atoms with Gasteiger partial charge < -0.3 is 9.84 Å². The lowest BCUT2D eigenvalue weighted by atomic mass is 10.0. The predicted molar refractivity (Wildman–Crippen MR) is 77.0 cm³/mol. The number of unbranched alkanes of at least 4 members (excludes halogenated alkanes) is 5. The molecule has 0 bridgehead atoms. The Balaban J connectivity index is 2.37. The maximum atomic E-state index is 12.0. The van der Waals surface area contributed by atoms with Gasteiger partial charge in [0.15, 0.2) is 5.78 Å². The van der Waals surface area contributed by atoms with Crippen molar-refractivity contribution < 1.29 is 14.6 Å². The summed E-state index contributed by atoms with van der Waals surface area (Å²) in [4.78, 5) is 12.0. The third-order valence-electron chi connectivity index (χ3n) is 3.26. The van der Waals surface area contributed by atoms with Crippen LogP contribution in [0.25, 0.3) is 0 Å². The van der Waals surface area contributed by atoms with Gasteiger partial charge in [0.05, 0.1) is 12.7 Å². The van der Waals surface area contributed by atoms with Gasteiger partial charge in [-0.05, 0) is 18.6 Å². The average Bonchev–Trinajstić information content (AvgIpc) is 2.42. The zero-order valence-corrected chi connectivity index (χ0v) is 11.9. The molecule has 0 aliphatic carbocycles. The van der Waals surface area contributed by atoms with E-state index in [2.05, 4.69) is 6.92 Å². The van der Waals surface area contributed by atoms with Gasteiger partial charge in [-0.1, -0.05) is 39.0 Å². The fraction of sp³-hybridized carbons (Fsp3) is 0.562. The van der Waals surface area contributed by atoms with Crippen molar-refractivity contribution in [1.82, 2.24) is 0 Å². The van der Waals surface area contributed by atoms with Gasteiger partial charge in [-0.15, -0.1) is 0 Å². The van der Waals surface area contributed by atoms with E-state index in [9.17, 15) is 9.90 Å². The van der Waals surface area contributed by atoms with Crippen LogP contribution in [0.2, 0.25) is 0 Å². The Labute approximate surface area is 115 Å². The molecule has 0 fully saturated rings. The van der Waals surface area contributed by atoms with E-state index in [-0.39, 0.29) is 11.5 Å². The summed E-state index contributed by atoms with van der Waals surface area (Å²) in [6, 6.07) is 4.82. The number of Topliss-reactive ketones (excluding diaryl/α,β-unsaturated/α-hetero) is 1. The third-order valence-corrected chi connectivity index (χ3v) is 3.26. The van der Waals surface area contributed by atoms with E-state index in [0.717, 1.165) is 12.8 Å². The minimum absolute atomic E-state index is 0.00957. The number of phenols is 1. The standard InChI is InChI=1S/C16H24O3/c1-3-4-5-6-7-8-9-15(17)14-11-10-13(19-2)12-16(14)18/h10-12,18H,3-9H2,1-2H3. The summed E-state index contributed by atoms with van der Waals surface area (Å²) in [5.74, 6) is 0.583. The van der Waals surface area contributed by atoms with Gasteiger partial charge in [0.1, 0.15) is 11.5 Å². The van der Waals surface area contributed by atoms with Crippen LogP contribution in [0.5, 0.6) is 11.5 Å². The van der Waals surface area contributed by atoms with Gasteiger partial charge in [0, 0.05) is 12.5 Å². The Morgan fingerprint density at radius 1 is 1.16 bits per heavy atom. The summed E-state index contributed by atoms with van der Waals surface area (Å²) in [6.45, 7) is 2.19. The van der Waals surface area contributed by atoms with Gasteiger partial charge in [0.2, 0.25) is 0 Å². The van der Waals surface area contributed by atoms with Crippen LogP contribution < -0.4 is 4.74 Å². The number of benzene rings is 1. The first-order chi connectivity index (χ1) is 9.19. The largest absolute Gasteiger partial charge is 0.507 e. The first kappa shape index (κ1) is 15.5. The Bertz CT molecular complexity index is 399. The van der Waals surface area contributed by atoms with E-state index in [1.165, 1.54) is 38.9 Å². The van der Waals surface area contributed by atoms with E-state index < -0.39 is 0 Å². The molecule has 0 unspecified atom stereocenters. The summed E-state index contributed by atoms with van der Waals surface area (Å²) < 4.78 is 4.99. The second-order valence-electron chi connectivity index (χ2n) is 4.82. The lowest BCUT2D eigenvalue weighted by Crippen LogP contribution is -1.99. The molecule has 1 rings (SSSR count). The number of carbonyl (C=O) groups is 1. The molecule has 0 radical (unpaired) electrons. The average molecular weight is 264 g/mol. The van der Waals surface area contributed by atoms with E-state index in [1.54, 1.807) is 12.1 Å². The molecule has 0 aliphatic rings. The molecule has 0 amide bonds. The molecule has 0 saturated carbocycles. The number of phenolic OH excluding ortho intramolecular Hbond substituents is 1. The van der Waals surface area contributed by atoms with E-state index in [0.29, 0.717) is 17.7 Å². The highest BCUT2D eigenvalue weighted by molar-refractivity contribution is 5.98. The monoisotopic (exact) mass is 264 g/mol. The molecule has 1 N–H and O–H groups in total. The first-order valence-corrected chi connectivity index (χ1v) is 7.09. The van der Waals surface area contributed by atoms with Crippen molar-refractivity contribution in [2.45, 2.75) is 51.9 Å². The Morgan fingerprint density at radius 3 is 2.47 bits per heavy atom. The normalized spacial score (nSPS) is 10.4. The van der Waals surface area contributed by atoms with Crippen LogP contribution in [0.15, 0.2) is 18.2 Å². The maximum absolute atomic E-state index is 12.0. The molecule has 0 aromatic heterocycles. The minimum atomic E-state index is 0.00957. The number of ether oxygens (including phenoxy) is 1. The molecule has 3 nitrogen and oxygen atoms in total. The summed E-state index contributed by atoms with van der Waals surface area (Å²) in [5, 5.41) is 9.76. The van der Waals surface area contributed by atoms with Crippen LogP contribution in [-0.2, 0) is 0 Å². The number of hydrogen-bond donors (Lipinski definition) is 1. The summed E-state index contributed by atoms with van der Waals surface area (Å²) in [7, 11) is 1.53. The quantitative estimate of drug-likeness (QED) is 0.533. The molecular formula is C16H24O3. The van der Waals surface area contributed by atoms with Crippen molar-refractivity contribution >= 4 is 5.78 Å². The van der Waals surface area contributed by atoms with Crippen LogP contribution in [0, 0.1) is 0 Å². The second kappa shape index (κ2) is 8.57. The van der Waals surface area contributed by atoms with Crippen molar-refractivity contribution in [2.24, 2.45) is 0 Å². The van der Waals surface area contributed by atoms with Crippen LogP contribution in [0.1, 0.15) is 62.2 Å². The lowest BCUT2D eigenvalue weighted by molar-refractivity contribution is 0.0976. The highest BCUT2D eigenvalue weighted by Crippen LogP contribution is 2.25. The Kier molecular flexibility index (Phi) is 7.01. The highest BCUT2D eigenvalue weighted by Gasteiger charge is 2.11. The molecule has 106 valence electrons. The molecular weight excluding hydrogens is 240 g/mol. The number of rotatable bonds is 9. The van der Waals surface area contributed by atoms with Crippen molar-refractivity contribution in [3.63, 3.8) is 0 Å². The zero-order chi connectivity index (χ0) is 14.1. The molecule has 1 aromatic carbocycles. The number of methoxy groups -OCH3 is 1. The van der Waals surface area contributed by atoms with E-state index in [1.807, 2.05) is 0 Å². The number of carbonyl (C=O) groups excluding carboxylic acids is 1. The van der Waals surface area contributed by atoms with Crippen LogP contribution in [-0.4, -0.2) is 18.0 Å². The lowest BCUT2D eigenvalue weighted by Gasteiger charge is -2.06. The van der Waals surface area contributed by atoms with Crippen molar-refractivity contribution in [2.75, 3.05) is 7.11 Å². The first-order valence-electron chi connectivity index (χ1n) is 7.09. The molecule has 19 heavy (non-hydrogen) atoms. The SMILES string of the molecule is CCCCCCCCC(=O)c1ccc(OC)cc1O. The molecule has 0 spiro atoms. The molecule has 0 heterocycles. The van der Waals surface area contributed by atoms with E-state index in [4.69, 9.17) is 4.74 Å².